The summed E-state index contributed by atoms with van der Waals surface area (Å²) in [7, 11) is 0. The molecule has 0 radical (unpaired) electrons. The van der Waals surface area contributed by atoms with Crippen LogP contribution in [0.1, 0.15) is 29.6 Å². The molecule has 0 N–H and O–H groups in total. The zero-order valence-corrected chi connectivity index (χ0v) is 18.5. The van der Waals surface area contributed by atoms with Gasteiger partial charge in [0.2, 0.25) is 11.8 Å². The lowest BCUT2D eigenvalue weighted by Gasteiger charge is -2.20. The lowest BCUT2D eigenvalue weighted by atomic mass is 9.81. The predicted octanol–water partition coefficient (Wildman–Crippen LogP) is 4.15. The van der Waals surface area contributed by atoms with E-state index in [0.717, 1.165) is 34.7 Å². The highest BCUT2D eigenvalue weighted by Gasteiger charge is 2.61. The molecule has 2 bridgehead atoms. The fourth-order valence-electron chi connectivity index (χ4n) is 5.43. The van der Waals surface area contributed by atoms with Crippen LogP contribution in [-0.4, -0.2) is 29.1 Å². The zero-order chi connectivity index (χ0) is 22.6. The molecule has 32 heavy (non-hydrogen) atoms. The number of hydrogen-bond donors (Lipinski definition) is 0. The van der Waals surface area contributed by atoms with Gasteiger partial charge in [-0.15, -0.1) is 0 Å². The van der Waals surface area contributed by atoms with E-state index >= 15 is 0 Å². The van der Waals surface area contributed by atoms with Crippen molar-refractivity contribution < 1.29 is 24.0 Å². The second-order valence-electron chi connectivity index (χ2n) is 8.52. The predicted molar refractivity (Wildman–Crippen MR) is 117 cm³/mol. The van der Waals surface area contributed by atoms with Crippen LogP contribution in [0, 0.1) is 33.8 Å². The Kier molecular flexibility index (Phi) is 5.08. The molecule has 0 spiro atoms. The average molecular weight is 499 g/mol. The number of ketones is 1. The number of amides is 2. The van der Waals surface area contributed by atoms with Crippen molar-refractivity contribution in [3.8, 4) is 5.75 Å². The van der Waals surface area contributed by atoms with E-state index in [1.165, 1.54) is 12.1 Å². The van der Waals surface area contributed by atoms with Gasteiger partial charge in [-0.05, 0) is 49.3 Å². The number of hydrogen-bond acceptors (Lipinski definition) is 6. The number of nitrogens with zero attached hydrogens (tertiary/aromatic N) is 2. The Balaban J connectivity index is 1.44. The number of fused-ring (bicyclic) bond motifs is 5. The summed E-state index contributed by atoms with van der Waals surface area (Å²) in [5.41, 5.74) is 0.321. The molecule has 0 aromatic heterocycles. The molecule has 5 rings (SSSR count). The maximum absolute atomic E-state index is 13.2. The van der Waals surface area contributed by atoms with Crippen LogP contribution in [0.25, 0.3) is 0 Å². The third-order valence-corrected chi connectivity index (χ3v) is 7.38. The summed E-state index contributed by atoms with van der Waals surface area (Å²) in [4.78, 5) is 50.7. The molecule has 2 aliphatic carbocycles. The molecule has 4 atom stereocenters. The number of benzene rings is 2. The van der Waals surface area contributed by atoms with E-state index in [1.807, 2.05) is 0 Å². The summed E-state index contributed by atoms with van der Waals surface area (Å²) in [6.07, 6.45) is 2.81. The Bertz CT molecular complexity index is 1120. The van der Waals surface area contributed by atoms with E-state index in [2.05, 4.69) is 15.9 Å². The number of nitro groups is 1. The summed E-state index contributed by atoms with van der Waals surface area (Å²) in [6, 6.07) is 10.5. The third-order valence-electron chi connectivity index (χ3n) is 6.85. The molecule has 2 saturated carbocycles. The van der Waals surface area contributed by atoms with E-state index in [9.17, 15) is 24.5 Å². The lowest BCUT2D eigenvalue weighted by Crippen LogP contribution is -2.33. The average Bonchev–Trinajstić information content (AvgIpc) is 3.46. The van der Waals surface area contributed by atoms with Crippen molar-refractivity contribution >= 4 is 44.9 Å². The first-order chi connectivity index (χ1) is 15.3. The molecule has 2 aromatic carbocycles. The molecule has 2 amide bonds. The van der Waals surface area contributed by atoms with E-state index in [4.69, 9.17) is 4.74 Å². The molecular formula is C23H19BrN2O6. The van der Waals surface area contributed by atoms with Crippen LogP contribution in [-0.2, 0) is 9.59 Å². The second-order valence-corrected chi connectivity index (χ2v) is 9.44. The number of anilines is 1. The number of nitro benzene ring substituents is 1. The van der Waals surface area contributed by atoms with Crippen LogP contribution in [0.2, 0.25) is 0 Å². The minimum absolute atomic E-state index is 0.0290. The van der Waals surface area contributed by atoms with Gasteiger partial charge in [-0.1, -0.05) is 28.1 Å². The molecule has 9 heteroatoms. The number of rotatable bonds is 6. The van der Waals surface area contributed by atoms with E-state index in [1.54, 1.807) is 24.3 Å². The zero-order valence-electron chi connectivity index (χ0n) is 16.9. The molecule has 3 aliphatic rings. The molecule has 1 saturated heterocycles. The normalized spacial score (nSPS) is 25.8. The number of imide groups is 1. The number of non-ortho nitro benzene ring substituents is 1. The Morgan fingerprint density at radius 1 is 1.06 bits per heavy atom. The van der Waals surface area contributed by atoms with Crippen molar-refractivity contribution in [3.63, 3.8) is 0 Å². The number of halogens is 1. The topological polar surface area (TPSA) is 107 Å². The molecular weight excluding hydrogens is 480 g/mol. The molecule has 1 heterocycles. The number of Topliss-reactive ketones (excluding diaryl/α,β-unsaturated/α-hetero) is 1. The number of ether oxygens (including phenoxy) is 1. The summed E-state index contributed by atoms with van der Waals surface area (Å²) in [6.45, 7) is -0.385. The first-order valence-corrected chi connectivity index (χ1v) is 11.2. The molecule has 0 unspecified atom stereocenters. The Hall–Kier alpha value is -3.07. The third kappa shape index (κ3) is 3.31. The van der Waals surface area contributed by atoms with Gasteiger partial charge >= 0.3 is 0 Å². The Morgan fingerprint density at radius 2 is 1.69 bits per heavy atom. The number of carbonyl (C=O) groups excluding carboxylic acids is 3. The van der Waals surface area contributed by atoms with Gasteiger partial charge in [0.15, 0.2) is 18.1 Å². The maximum Gasteiger partial charge on any atom is 0.273 e. The van der Waals surface area contributed by atoms with Crippen LogP contribution < -0.4 is 9.64 Å². The first-order valence-electron chi connectivity index (χ1n) is 10.4. The van der Waals surface area contributed by atoms with E-state index in [-0.39, 0.29) is 65.0 Å². The molecule has 1 aliphatic heterocycles. The Labute approximate surface area is 191 Å². The van der Waals surface area contributed by atoms with E-state index < -0.39 is 4.92 Å². The SMILES string of the molecule is O=C(COc1cc([N+](=O)[O-])ccc1N1C(=O)[C@@H]2[C@H]3CC[C@@H](C3)[C@@H]2C1=O)c1ccc(Br)cc1. The van der Waals surface area contributed by atoms with Crippen LogP contribution in [0.5, 0.6) is 5.75 Å². The highest BCUT2D eigenvalue weighted by molar-refractivity contribution is 9.10. The highest BCUT2D eigenvalue weighted by atomic mass is 79.9. The quantitative estimate of drug-likeness (QED) is 0.256. The van der Waals surface area contributed by atoms with Gasteiger partial charge < -0.3 is 4.74 Å². The number of carbonyl (C=O) groups is 3. The van der Waals surface area contributed by atoms with Crippen LogP contribution in [0.3, 0.4) is 0 Å². The fraction of sp³-hybridized carbons (Fsp3) is 0.348. The minimum atomic E-state index is -0.588. The summed E-state index contributed by atoms with van der Waals surface area (Å²) >= 11 is 3.31. The van der Waals surface area contributed by atoms with Crippen LogP contribution in [0.15, 0.2) is 46.9 Å². The van der Waals surface area contributed by atoms with Crippen molar-refractivity contribution in [3.05, 3.63) is 62.6 Å². The largest absolute Gasteiger partial charge is 0.483 e. The molecule has 164 valence electrons. The maximum atomic E-state index is 13.2. The summed E-state index contributed by atoms with van der Waals surface area (Å²) < 4.78 is 6.48. The van der Waals surface area contributed by atoms with Crippen molar-refractivity contribution in [1.29, 1.82) is 0 Å². The van der Waals surface area contributed by atoms with Gasteiger partial charge in [-0.25, -0.2) is 4.90 Å². The van der Waals surface area contributed by atoms with Crippen molar-refractivity contribution in [2.45, 2.75) is 19.3 Å². The van der Waals surface area contributed by atoms with Crippen LogP contribution in [0.4, 0.5) is 11.4 Å². The summed E-state index contributed by atoms with van der Waals surface area (Å²) in [5, 5.41) is 11.3. The van der Waals surface area contributed by atoms with Crippen LogP contribution >= 0.6 is 15.9 Å². The summed E-state index contributed by atoms with van der Waals surface area (Å²) in [5.74, 6) is -1.12. The Morgan fingerprint density at radius 3 is 2.28 bits per heavy atom. The fourth-order valence-corrected chi connectivity index (χ4v) is 5.69. The standard InChI is InChI=1S/C23H19BrN2O6/c24-15-5-3-12(4-6-15)18(27)11-32-19-10-16(26(30)31)7-8-17(19)25-22(28)20-13-1-2-14(9-13)21(20)23(25)29/h3-8,10,13-14,20-21H,1-2,9,11H2/t13-,14-,20-,21+/m0/s1. The van der Waals surface area contributed by atoms with Crippen molar-refractivity contribution in [2.75, 3.05) is 11.5 Å². The molecule has 2 aromatic rings. The minimum Gasteiger partial charge on any atom is -0.483 e. The van der Waals surface area contributed by atoms with E-state index in [0.29, 0.717) is 5.56 Å². The molecule has 8 nitrogen and oxygen atoms in total. The van der Waals surface area contributed by atoms with Gasteiger partial charge in [-0.2, -0.15) is 0 Å². The van der Waals surface area contributed by atoms with Gasteiger partial charge in [0.25, 0.3) is 5.69 Å². The smallest absolute Gasteiger partial charge is 0.273 e. The van der Waals surface area contributed by atoms with Gasteiger partial charge in [0, 0.05) is 16.1 Å². The van der Waals surface area contributed by atoms with Crippen molar-refractivity contribution in [1.82, 2.24) is 0 Å². The molecule has 3 fully saturated rings. The first kappa shape index (κ1) is 20.8. The second kappa shape index (κ2) is 7.81. The van der Waals surface area contributed by atoms with Gasteiger partial charge in [0.05, 0.1) is 28.5 Å². The van der Waals surface area contributed by atoms with Gasteiger partial charge in [-0.3, -0.25) is 24.5 Å². The lowest BCUT2D eigenvalue weighted by molar-refractivity contribution is -0.384. The van der Waals surface area contributed by atoms with Crippen molar-refractivity contribution in [2.24, 2.45) is 23.7 Å². The highest BCUT2D eigenvalue weighted by Crippen LogP contribution is 2.57. The van der Waals surface area contributed by atoms with Gasteiger partial charge in [0.1, 0.15) is 0 Å². The monoisotopic (exact) mass is 498 g/mol.